The average molecular weight is 397 g/mol. The third-order valence-electron chi connectivity index (χ3n) is 4.66. The number of nitrogens with zero attached hydrogens (tertiary/aromatic N) is 3. The molecule has 1 heterocycles. The van der Waals surface area contributed by atoms with Crippen molar-refractivity contribution in [2.45, 2.75) is 11.8 Å². The van der Waals surface area contributed by atoms with E-state index in [-0.39, 0.29) is 42.8 Å². The van der Waals surface area contributed by atoms with Crippen LogP contribution < -0.4 is 0 Å². The molecule has 144 valence electrons. The van der Waals surface area contributed by atoms with Crippen molar-refractivity contribution in [2.75, 3.05) is 26.2 Å². The first-order chi connectivity index (χ1) is 13.3. The smallest absolute Gasteiger partial charge is 0.253 e. The Balaban J connectivity index is 1.69. The van der Waals surface area contributed by atoms with Gasteiger partial charge in [-0.05, 0) is 37.3 Å². The molecule has 7 nitrogen and oxygen atoms in total. The molecule has 2 aromatic rings. The van der Waals surface area contributed by atoms with E-state index in [0.717, 1.165) is 0 Å². The molecule has 28 heavy (non-hydrogen) atoms. The van der Waals surface area contributed by atoms with Crippen LogP contribution in [0.3, 0.4) is 0 Å². The number of benzene rings is 2. The summed E-state index contributed by atoms with van der Waals surface area (Å²) in [6.45, 7) is 2.31. The number of hydrogen-bond acceptors (Lipinski definition) is 5. The van der Waals surface area contributed by atoms with Crippen molar-refractivity contribution in [1.82, 2.24) is 9.21 Å². The molecule has 1 aliphatic heterocycles. The van der Waals surface area contributed by atoms with E-state index >= 15 is 0 Å². The van der Waals surface area contributed by atoms with Crippen molar-refractivity contribution < 1.29 is 18.0 Å². The monoisotopic (exact) mass is 397 g/mol. The number of nitriles is 1. The summed E-state index contributed by atoms with van der Waals surface area (Å²) in [6.07, 6.45) is 0. The van der Waals surface area contributed by atoms with E-state index in [0.29, 0.717) is 16.7 Å². The fourth-order valence-corrected chi connectivity index (χ4v) is 4.47. The summed E-state index contributed by atoms with van der Waals surface area (Å²) in [5.41, 5.74) is 1.27. The summed E-state index contributed by atoms with van der Waals surface area (Å²) in [5, 5.41) is 8.97. The minimum absolute atomic E-state index is 0.124. The summed E-state index contributed by atoms with van der Waals surface area (Å²) >= 11 is 0. The Morgan fingerprint density at radius 3 is 2.18 bits per heavy atom. The molecule has 0 radical (unpaired) electrons. The Bertz CT molecular complexity index is 1050. The van der Waals surface area contributed by atoms with E-state index in [2.05, 4.69) is 0 Å². The largest absolute Gasteiger partial charge is 0.336 e. The van der Waals surface area contributed by atoms with Gasteiger partial charge >= 0.3 is 0 Å². The van der Waals surface area contributed by atoms with Gasteiger partial charge < -0.3 is 4.90 Å². The van der Waals surface area contributed by atoms with Gasteiger partial charge in [0.1, 0.15) is 0 Å². The maximum absolute atomic E-state index is 12.8. The lowest BCUT2D eigenvalue weighted by atomic mass is 10.1. The van der Waals surface area contributed by atoms with Crippen LogP contribution >= 0.6 is 0 Å². The van der Waals surface area contributed by atoms with Crippen LogP contribution in [0.1, 0.15) is 33.2 Å². The minimum atomic E-state index is -3.69. The van der Waals surface area contributed by atoms with Gasteiger partial charge in [-0.15, -0.1) is 0 Å². The van der Waals surface area contributed by atoms with E-state index in [1.54, 1.807) is 23.1 Å². The Hall–Kier alpha value is -3.02. The highest BCUT2D eigenvalue weighted by molar-refractivity contribution is 7.89. The van der Waals surface area contributed by atoms with Gasteiger partial charge in [0.25, 0.3) is 5.91 Å². The third kappa shape index (κ3) is 3.96. The lowest BCUT2D eigenvalue weighted by Gasteiger charge is -2.34. The lowest BCUT2D eigenvalue weighted by Crippen LogP contribution is -2.50. The first-order valence-electron chi connectivity index (χ1n) is 8.73. The number of sulfonamides is 1. The zero-order valence-corrected chi connectivity index (χ0v) is 16.1. The number of hydrogen-bond donors (Lipinski definition) is 0. The van der Waals surface area contributed by atoms with E-state index in [1.165, 1.54) is 41.6 Å². The number of piperazine rings is 1. The molecular formula is C20H19N3O4S. The molecule has 1 amide bonds. The second-order valence-electron chi connectivity index (χ2n) is 6.47. The quantitative estimate of drug-likeness (QED) is 0.734. The van der Waals surface area contributed by atoms with Crippen LogP contribution in [0.15, 0.2) is 53.4 Å². The van der Waals surface area contributed by atoms with Crippen molar-refractivity contribution in [2.24, 2.45) is 0 Å². The SMILES string of the molecule is CC(=O)c1ccc(S(=O)(=O)N2CCN(C(=O)c3cccc(C#N)c3)CC2)cc1. The van der Waals surface area contributed by atoms with E-state index in [1.807, 2.05) is 6.07 Å². The molecule has 0 bridgehead atoms. The van der Waals surface area contributed by atoms with Crippen LogP contribution in [0.25, 0.3) is 0 Å². The molecule has 0 spiro atoms. The average Bonchev–Trinajstić information content (AvgIpc) is 2.73. The van der Waals surface area contributed by atoms with Crippen molar-refractivity contribution in [3.8, 4) is 6.07 Å². The molecular weight excluding hydrogens is 378 g/mol. The molecule has 2 aromatic carbocycles. The van der Waals surface area contributed by atoms with Crippen LogP contribution in [-0.2, 0) is 10.0 Å². The van der Waals surface area contributed by atoms with Crippen LogP contribution in [-0.4, -0.2) is 55.5 Å². The van der Waals surface area contributed by atoms with Crippen LogP contribution in [0.4, 0.5) is 0 Å². The molecule has 8 heteroatoms. The molecule has 3 rings (SSSR count). The van der Waals surface area contributed by atoms with Gasteiger partial charge in [0.2, 0.25) is 10.0 Å². The predicted molar refractivity (Wildman–Crippen MR) is 102 cm³/mol. The zero-order chi connectivity index (χ0) is 20.3. The summed E-state index contributed by atoms with van der Waals surface area (Å²) in [6, 6.07) is 14.3. The number of Topliss-reactive ketones (excluding diaryl/α,β-unsaturated/α-hetero) is 1. The Morgan fingerprint density at radius 1 is 0.964 bits per heavy atom. The summed E-state index contributed by atoms with van der Waals surface area (Å²) < 4.78 is 26.9. The van der Waals surface area contributed by atoms with Crippen LogP contribution in [0, 0.1) is 11.3 Å². The Labute approximate surface area is 163 Å². The van der Waals surface area contributed by atoms with Gasteiger partial charge in [-0.25, -0.2) is 8.42 Å². The molecule has 1 fully saturated rings. The van der Waals surface area contributed by atoms with Crippen molar-refractivity contribution >= 4 is 21.7 Å². The van der Waals surface area contributed by atoms with Gasteiger partial charge in [0.05, 0.1) is 16.5 Å². The fraction of sp³-hybridized carbons (Fsp3) is 0.250. The summed E-state index contributed by atoms with van der Waals surface area (Å²) in [5.74, 6) is -0.350. The fourth-order valence-electron chi connectivity index (χ4n) is 3.05. The third-order valence-corrected chi connectivity index (χ3v) is 6.58. The number of carbonyl (C=O) groups is 2. The van der Waals surface area contributed by atoms with Gasteiger partial charge in [-0.3, -0.25) is 9.59 Å². The number of amides is 1. The predicted octanol–water partition coefficient (Wildman–Crippen LogP) is 1.91. The topological polar surface area (TPSA) is 98.6 Å². The summed E-state index contributed by atoms with van der Waals surface area (Å²) in [4.78, 5) is 25.7. The van der Waals surface area contributed by atoms with Crippen LogP contribution in [0.2, 0.25) is 0 Å². The first kappa shape index (κ1) is 19.7. The zero-order valence-electron chi connectivity index (χ0n) is 15.3. The molecule has 0 unspecified atom stereocenters. The highest BCUT2D eigenvalue weighted by Crippen LogP contribution is 2.19. The lowest BCUT2D eigenvalue weighted by molar-refractivity contribution is 0.0697. The van der Waals surface area contributed by atoms with E-state index in [4.69, 9.17) is 5.26 Å². The molecule has 0 aliphatic carbocycles. The maximum Gasteiger partial charge on any atom is 0.253 e. The van der Waals surface area contributed by atoms with Crippen molar-refractivity contribution in [3.05, 3.63) is 65.2 Å². The molecule has 0 aromatic heterocycles. The first-order valence-corrected chi connectivity index (χ1v) is 10.2. The molecule has 0 N–H and O–H groups in total. The Morgan fingerprint density at radius 2 is 1.61 bits per heavy atom. The van der Waals surface area contributed by atoms with Crippen molar-refractivity contribution in [3.63, 3.8) is 0 Å². The van der Waals surface area contributed by atoms with Gasteiger partial charge in [0, 0.05) is 37.3 Å². The minimum Gasteiger partial charge on any atom is -0.336 e. The summed E-state index contributed by atoms with van der Waals surface area (Å²) in [7, 11) is -3.69. The highest BCUT2D eigenvalue weighted by Gasteiger charge is 2.30. The van der Waals surface area contributed by atoms with Gasteiger partial charge in [0.15, 0.2) is 5.78 Å². The second kappa shape index (κ2) is 7.92. The molecule has 1 saturated heterocycles. The van der Waals surface area contributed by atoms with E-state index < -0.39 is 10.0 Å². The van der Waals surface area contributed by atoms with Gasteiger partial charge in [-0.1, -0.05) is 18.2 Å². The normalized spacial score (nSPS) is 15.1. The molecule has 0 saturated carbocycles. The number of carbonyl (C=O) groups excluding carboxylic acids is 2. The second-order valence-corrected chi connectivity index (χ2v) is 8.41. The highest BCUT2D eigenvalue weighted by atomic mass is 32.2. The van der Waals surface area contributed by atoms with Crippen molar-refractivity contribution in [1.29, 1.82) is 5.26 Å². The van der Waals surface area contributed by atoms with Crippen LogP contribution in [0.5, 0.6) is 0 Å². The number of ketones is 1. The standard InChI is InChI=1S/C20H19N3O4S/c1-15(24)17-5-7-19(8-6-17)28(26,27)23-11-9-22(10-12-23)20(25)18-4-2-3-16(13-18)14-21/h2-8,13H,9-12H2,1H3. The van der Waals surface area contributed by atoms with Gasteiger partial charge in [-0.2, -0.15) is 9.57 Å². The maximum atomic E-state index is 12.8. The molecule has 1 aliphatic rings. The molecule has 0 atom stereocenters. The van der Waals surface area contributed by atoms with E-state index in [9.17, 15) is 18.0 Å². The Kier molecular flexibility index (Phi) is 5.58. The number of rotatable bonds is 4.